The van der Waals surface area contributed by atoms with E-state index in [4.69, 9.17) is 21.1 Å². The quantitative estimate of drug-likeness (QED) is 0.102. The average Bonchev–Trinajstić information content (AvgIpc) is 3.00. The van der Waals surface area contributed by atoms with Crippen LogP contribution >= 0.6 is 11.6 Å². The van der Waals surface area contributed by atoms with Gasteiger partial charge in [0, 0.05) is 35.3 Å². The fourth-order valence-corrected chi connectivity index (χ4v) is 3.95. The van der Waals surface area contributed by atoms with Gasteiger partial charge in [0.05, 0.1) is 10.7 Å². The van der Waals surface area contributed by atoms with Crippen molar-refractivity contribution in [2.24, 2.45) is 0 Å². The second kappa shape index (κ2) is 13.5. The van der Waals surface area contributed by atoms with Gasteiger partial charge in [-0.15, -0.1) is 0 Å². The number of halogens is 5. The first-order valence-corrected chi connectivity index (χ1v) is 13.0. The lowest BCUT2D eigenvalue weighted by Gasteiger charge is -2.11. The molecule has 3 aromatic carbocycles. The summed E-state index contributed by atoms with van der Waals surface area (Å²) in [5, 5.41) is 6.72. The number of aromatic nitrogens is 3. The fraction of sp³-hybridized carbons (Fsp3) is 0.0645. The van der Waals surface area contributed by atoms with E-state index in [1.54, 1.807) is 54.7 Å². The highest BCUT2D eigenvalue weighted by Gasteiger charge is 2.20. The smallest absolute Gasteiger partial charge is 0.203 e. The Bertz CT molecular complexity index is 1790. The minimum atomic E-state index is -1.63. The molecule has 5 rings (SSSR count). The molecule has 0 saturated carbocycles. The van der Waals surface area contributed by atoms with Crippen LogP contribution in [0.1, 0.15) is 11.3 Å². The van der Waals surface area contributed by atoms with Crippen LogP contribution in [0, 0.1) is 35.1 Å². The van der Waals surface area contributed by atoms with E-state index >= 15 is 0 Å². The molecule has 7 nitrogen and oxygen atoms in total. The third-order valence-corrected chi connectivity index (χ3v) is 6.00. The minimum Gasteiger partial charge on any atom is -0.486 e. The van der Waals surface area contributed by atoms with Crippen molar-refractivity contribution in [3.8, 4) is 23.3 Å². The molecule has 216 valence electrons. The number of anilines is 4. The molecule has 0 bridgehead atoms. The van der Waals surface area contributed by atoms with Gasteiger partial charge in [-0.1, -0.05) is 35.6 Å². The third kappa shape index (κ3) is 7.69. The molecule has 2 N–H and O–H groups in total. The summed E-state index contributed by atoms with van der Waals surface area (Å²) in [5.41, 5.74) is 2.63. The van der Waals surface area contributed by atoms with E-state index in [0.29, 0.717) is 39.3 Å². The Morgan fingerprint density at radius 1 is 0.744 bits per heavy atom. The zero-order valence-corrected chi connectivity index (χ0v) is 22.8. The predicted octanol–water partition coefficient (Wildman–Crippen LogP) is 7.58. The van der Waals surface area contributed by atoms with Crippen LogP contribution in [0.4, 0.5) is 40.6 Å². The number of rotatable bonds is 9. The molecular weight excluding hydrogens is 586 g/mol. The molecule has 43 heavy (non-hydrogen) atoms. The Morgan fingerprint density at radius 2 is 1.49 bits per heavy atom. The maximum Gasteiger partial charge on any atom is 0.203 e. The van der Waals surface area contributed by atoms with Crippen molar-refractivity contribution >= 4 is 34.6 Å². The highest BCUT2D eigenvalue weighted by Crippen LogP contribution is 2.30. The van der Waals surface area contributed by atoms with Gasteiger partial charge in [0.15, 0.2) is 17.4 Å². The fourth-order valence-electron chi connectivity index (χ4n) is 3.72. The molecule has 0 aliphatic rings. The van der Waals surface area contributed by atoms with E-state index in [1.807, 2.05) is 18.2 Å². The molecule has 0 atom stereocenters. The number of ether oxygens (including phenoxy) is 2. The summed E-state index contributed by atoms with van der Waals surface area (Å²) in [6.45, 7) is -0.221. The topological polar surface area (TPSA) is 81.2 Å². The van der Waals surface area contributed by atoms with Crippen molar-refractivity contribution in [3.05, 3.63) is 125 Å². The lowest BCUT2D eigenvalue weighted by molar-refractivity contribution is 0.301. The third-order valence-electron chi connectivity index (χ3n) is 5.70. The summed E-state index contributed by atoms with van der Waals surface area (Å²) in [6, 6.07) is 19.5. The molecule has 2 aromatic heterocycles. The van der Waals surface area contributed by atoms with E-state index in [2.05, 4.69) is 37.4 Å². The zero-order chi connectivity index (χ0) is 30.2. The molecule has 0 saturated heterocycles. The molecular formula is C31H20ClF4N5O2. The molecule has 0 aliphatic carbocycles. The normalized spacial score (nSPS) is 10.4. The van der Waals surface area contributed by atoms with Crippen molar-refractivity contribution in [2.75, 3.05) is 17.2 Å². The van der Waals surface area contributed by atoms with Crippen LogP contribution < -0.4 is 20.1 Å². The number of nitrogens with one attached hydrogen (secondary N) is 2. The van der Waals surface area contributed by atoms with Crippen LogP contribution in [0.2, 0.25) is 5.02 Å². The van der Waals surface area contributed by atoms with Crippen LogP contribution in [0.15, 0.2) is 85.3 Å². The monoisotopic (exact) mass is 605 g/mol. The molecule has 0 radical (unpaired) electrons. The molecule has 0 aliphatic heterocycles. The molecule has 5 aromatic rings. The van der Waals surface area contributed by atoms with Crippen molar-refractivity contribution in [1.29, 1.82) is 0 Å². The number of benzene rings is 3. The second-order valence-corrected chi connectivity index (χ2v) is 9.17. The number of nitrogens with zero attached hydrogens (tertiary/aromatic N) is 3. The largest absolute Gasteiger partial charge is 0.486 e. The molecule has 0 fully saturated rings. The Hall–Kier alpha value is -5.34. The maximum absolute atomic E-state index is 13.7. The maximum atomic E-state index is 13.7. The highest BCUT2D eigenvalue weighted by molar-refractivity contribution is 6.32. The van der Waals surface area contributed by atoms with Gasteiger partial charge < -0.3 is 20.1 Å². The van der Waals surface area contributed by atoms with Crippen LogP contribution in [0.3, 0.4) is 0 Å². The van der Waals surface area contributed by atoms with Gasteiger partial charge in [-0.3, -0.25) is 4.98 Å². The highest BCUT2D eigenvalue weighted by atomic mass is 35.5. The lowest BCUT2D eigenvalue weighted by Crippen LogP contribution is -2.03. The first kappa shape index (κ1) is 29.2. The Morgan fingerprint density at radius 3 is 2.19 bits per heavy atom. The minimum absolute atomic E-state index is 0.104. The Kier molecular flexibility index (Phi) is 9.19. The Balaban J connectivity index is 1.19. The number of hydrogen-bond acceptors (Lipinski definition) is 7. The summed E-state index contributed by atoms with van der Waals surface area (Å²) in [6.07, 6.45) is 3.07. The van der Waals surface area contributed by atoms with Gasteiger partial charge in [-0.05, 0) is 48.5 Å². The molecule has 0 unspecified atom stereocenters. The van der Waals surface area contributed by atoms with E-state index in [-0.39, 0.29) is 12.7 Å². The lowest BCUT2D eigenvalue weighted by atomic mass is 10.2. The van der Waals surface area contributed by atoms with Gasteiger partial charge in [0.2, 0.25) is 11.6 Å². The Labute approximate surface area is 248 Å². The standard InChI is InChI=1S/C31H20ClF4N5O2/c32-23-14-21(9-10-26(23)43-17-22-7-1-2-11-37-22)41-28-16-27(38-18-39-28)40-20-8-3-5-19(13-20)6-4-12-42-31-29(35)24(33)15-25(34)30(31)36/h1-3,5,7-11,13-16,18H,12,17H2,(H2,38,39,40,41). The first-order valence-electron chi connectivity index (χ1n) is 12.6. The summed E-state index contributed by atoms with van der Waals surface area (Å²) in [5.74, 6) is -0.735. The summed E-state index contributed by atoms with van der Waals surface area (Å²) < 4.78 is 64.7. The average molecular weight is 606 g/mol. The van der Waals surface area contributed by atoms with Crippen LogP contribution in [0.5, 0.6) is 11.5 Å². The van der Waals surface area contributed by atoms with Crippen molar-refractivity contribution < 1.29 is 27.0 Å². The van der Waals surface area contributed by atoms with Gasteiger partial charge in [0.1, 0.15) is 36.9 Å². The van der Waals surface area contributed by atoms with E-state index in [1.165, 1.54) is 6.33 Å². The van der Waals surface area contributed by atoms with Crippen molar-refractivity contribution in [1.82, 2.24) is 15.0 Å². The summed E-state index contributed by atoms with van der Waals surface area (Å²) in [7, 11) is 0. The van der Waals surface area contributed by atoms with Gasteiger partial charge in [-0.2, -0.15) is 8.78 Å². The van der Waals surface area contributed by atoms with Crippen LogP contribution in [-0.2, 0) is 6.61 Å². The zero-order valence-electron chi connectivity index (χ0n) is 22.0. The number of hydrogen-bond donors (Lipinski definition) is 2. The van der Waals surface area contributed by atoms with E-state index in [9.17, 15) is 17.6 Å². The first-order chi connectivity index (χ1) is 20.9. The van der Waals surface area contributed by atoms with E-state index in [0.717, 1.165) is 5.69 Å². The molecule has 2 heterocycles. The van der Waals surface area contributed by atoms with Gasteiger partial charge >= 0.3 is 0 Å². The van der Waals surface area contributed by atoms with E-state index < -0.39 is 35.6 Å². The molecule has 12 heteroatoms. The van der Waals surface area contributed by atoms with Crippen molar-refractivity contribution in [3.63, 3.8) is 0 Å². The molecule has 0 amide bonds. The summed E-state index contributed by atoms with van der Waals surface area (Å²) in [4.78, 5) is 12.7. The second-order valence-electron chi connectivity index (χ2n) is 8.76. The van der Waals surface area contributed by atoms with Crippen LogP contribution in [0.25, 0.3) is 0 Å². The van der Waals surface area contributed by atoms with Crippen molar-refractivity contribution in [2.45, 2.75) is 6.61 Å². The molecule has 0 spiro atoms. The van der Waals surface area contributed by atoms with Crippen LogP contribution in [-0.4, -0.2) is 21.6 Å². The predicted molar refractivity (Wildman–Crippen MR) is 154 cm³/mol. The van der Waals surface area contributed by atoms with Gasteiger partial charge in [0.25, 0.3) is 0 Å². The summed E-state index contributed by atoms with van der Waals surface area (Å²) >= 11 is 6.41. The SMILES string of the molecule is Fc1cc(F)c(F)c(OCC#Cc2cccc(Nc3cc(Nc4ccc(OCc5ccccn5)c(Cl)c4)ncn3)c2)c1F. The van der Waals surface area contributed by atoms with Gasteiger partial charge in [-0.25, -0.2) is 18.7 Å². The number of pyridine rings is 1.